The molecule has 0 aromatic heterocycles. The van der Waals surface area contributed by atoms with E-state index in [-0.39, 0.29) is 35.0 Å². The van der Waals surface area contributed by atoms with Crippen LogP contribution in [0.15, 0.2) is 71.8 Å². The topological polar surface area (TPSA) is 124 Å². The molecule has 11 heteroatoms. The molecule has 0 unspecified atom stereocenters. The molecular weight excluding hydrogens is 1330 g/mol. The second kappa shape index (κ2) is 38.1. The Morgan fingerprint density at radius 1 is 0.412 bits per heavy atom. The van der Waals surface area contributed by atoms with Crippen LogP contribution in [0.4, 0.5) is 0 Å². The SMILES string of the molecule is CC(C)CCC[C@@H](C)[C@H]1CC[C@H]2[C@@H]3CC=C4C[C@@H](OC(=O)c5ccc(OCCCCCCCCCCOC(=O)C(Br)C(=O)OCCCCCCCCCCOc6ccc(C(=O)O[C@H]7CC[C@@]8(C)C(=CC[C@H]9[C@@H]%10CC[C@H]([C@H](C)CCCC(C)C)[C@@]%10(C)CC[C@@H]98)C7)cc6)cc5)CC[C@]4(C)[C@H]3CC[C@]12C. The van der Waals surface area contributed by atoms with Gasteiger partial charge in [-0.2, -0.15) is 0 Å². The minimum atomic E-state index is -1.10. The number of rotatable bonds is 40. The zero-order valence-corrected chi connectivity index (χ0v) is 67.2. The number of hydrogen-bond donors (Lipinski definition) is 0. The molecule has 6 saturated carbocycles. The van der Waals surface area contributed by atoms with Gasteiger partial charge in [0.15, 0.2) is 0 Å². The lowest BCUT2D eigenvalue weighted by molar-refractivity contribution is -0.153. The summed E-state index contributed by atoms with van der Waals surface area (Å²) in [5.74, 6) is 9.80. The number of hydrogen-bond acceptors (Lipinski definition) is 10. The van der Waals surface area contributed by atoms with Crippen molar-refractivity contribution in [3.8, 4) is 11.5 Å². The minimum Gasteiger partial charge on any atom is -0.494 e. The molecule has 10 nitrogen and oxygen atoms in total. The average Bonchev–Trinajstić information content (AvgIpc) is 1.40. The summed E-state index contributed by atoms with van der Waals surface area (Å²) in [6, 6.07) is 15.0. The van der Waals surface area contributed by atoms with E-state index < -0.39 is 16.8 Å². The molecule has 10 rings (SSSR count). The molecule has 0 N–H and O–H groups in total. The van der Waals surface area contributed by atoms with Gasteiger partial charge >= 0.3 is 23.9 Å². The Labute approximate surface area is 627 Å². The predicted octanol–water partition coefficient (Wildman–Crippen LogP) is 24.4. The number of esters is 4. The normalized spacial score (nSPS) is 31.0. The fraction of sp³-hybridized carbons (Fsp3) is 0.780. The van der Waals surface area contributed by atoms with Gasteiger partial charge in [0.25, 0.3) is 0 Å². The Kier molecular flexibility index (Phi) is 30.0. The molecule has 2 aromatic carbocycles. The highest BCUT2D eigenvalue weighted by Crippen LogP contribution is 2.69. The number of carbonyl (C=O) groups excluding carboxylic acids is 4. The van der Waals surface area contributed by atoms with Crippen LogP contribution in [0.2, 0.25) is 0 Å². The molecule has 0 amide bonds. The van der Waals surface area contributed by atoms with E-state index in [4.69, 9.17) is 28.4 Å². The first-order valence-electron chi connectivity index (χ1n) is 42.3. The number of halogens is 1. The maximum Gasteiger partial charge on any atom is 0.338 e. The summed E-state index contributed by atoms with van der Waals surface area (Å²) in [6.07, 6.45) is 49.5. The molecule has 0 saturated heterocycles. The van der Waals surface area contributed by atoms with Crippen molar-refractivity contribution in [1.29, 1.82) is 0 Å². The van der Waals surface area contributed by atoms with Gasteiger partial charge in [0.2, 0.25) is 4.83 Å². The van der Waals surface area contributed by atoms with Crippen molar-refractivity contribution >= 4 is 39.8 Å². The van der Waals surface area contributed by atoms with Crippen molar-refractivity contribution in [1.82, 2.24) is 0 Å². The van der Waals surface area contributed by atoms with Gasteiger partial charge in [-0.1, -0.05) is 224 Å². The van der Waals surface area contributed by atoms with Crippen molar-refractivity contribution < 1.29 is 47.6 Å². The third kappa shape index (κ3) is 20.4. The van der Waals surface area contributed by atoms with Gasteiger partial charge < -0.3 is 28.4 Å². The van der Waals surface area contributed by atoms with Gasteiger partial charge in [-0.15, -0.1) is 0 Å². The zero-order chi connectivity index (χ0) is 72.4. The van der Waals surface area contributed by atoms with Gasteiger partial charge in [0.1, 0.15) is 23.7 Å². The smallest absolute Gasteiger partial charge is 0.338 e. The van der Waals surface area contributed by atoms with E-state index in [9.17, 15) is 19.2 Å². The molecule has 8 aliphatic rings. The Morgan fingerprint density at radius 3 is 1.13 bits per heavy atom. The standard InChI is InChI=1S/C91H139BrO10/c1-63(2)29-27-31-65(5)77-45-47-79-75-43-37-69-61-73(49-53-88(69,7)81(75)51-55-90(77,79)9)101-84(93)67-33-39-71(40-34-67)97-57-23-19-15-11-13-17-21-25-59-99-86(95)83(92)87(96)100-60-26-22-18-14-12-16-20-24-58-98-72-41-35-68(36-42-72)85(94)102-74-50-54-89(8)70(62-74)38-44-76-80-48-46-78(66(6)32-28-30-64(3)4)91(80,10)56-52-82(76)89/h33-42,63-66,73-83H,11-32,43-62H2,1-10H3/t65-,66-,73+,74+,75+,76+,77-,78-,79+,80+,81+,82+,88+,89+,90-,91-/m1/s1. The summed E-state index contributed by atoms with van der Waals surface area (Å²) in [6.45, 7) is 27.0. The predicted molar refractivity (Wildman–Crippen MR) is 417 cm³/mol. The summed E-state index contributed by atoms with van der Waals surface area (Å²) in [5, 5.41) is 0. The van der Waals surface area contributed by atoms with E-state index in [1.165, 1.54) is 103 Å². The van der Waals surface area contributed by atoms with Gasteiger partial charge in [-0.3, -0.25) is 9.59 Å². The average molecular weight is 1470 g/mol. The molecule has 570 valence electrons. The first-order chi connectivity index (χ1) is 49.1. The van der Waals surface area contributed by atoms with Crippen molar-refractivity contribution in [3.05, 3.63) is 83.0 Å². The van der Waals surface area contributed by atoms with Crippen LogP contribution in [-0.4, -0.2) is 67.3 Å². The number of unbranched alkanes of at least 4 members (excludes halogenated alkanes) is 14. The summed E-state index contributed by atoms with van der Waals surface area (Å²) in [7, 11) is 0. The molecule has 8 aliphatic carbocycles. The Bertz CT molecular complexity index is 2820. The first-order valence-corrected chi connectivity index (χ1v) is 43.3. The number of ether oxygens (including phenoxy) is 6. The van der Waals surface area contributed by atoms with Crippen molar-refractivity contribution in [2.45, 2.75) is 330 Å². The van der Waals surface area contributed by atoms with E-state index in [2.05, 4.69) is 97.3 Å². The summed E-state index contributed by atoms with van der Waals surface area (Å²) < 4.78 is 35.4. The van der Waals surface area contributed by atoms with Gasteiger partial charge in [0, 0.05) is 12.8 Å². The number of benzene rings is 2. The van der Waals surface area contributed by atoms with Crippen LogP contribution in [0, 0.1) is 92.7 Å². The molecule has 6 fully saturated rings. The van der Waals surface area contributed by atoms with Crippen LogP contribution in [0.25, 0.3) is 0 Å². The lowest BCUT2D eigenvalue weighted by atomic mass is 9.47. The van der Waals surface area contributed by atoms with Crippen LogP contribution >= 0.6 is 15.9 Å². The van der Waals surface area contributed by atoms with Crippen LogP contribution in [0.1, 0.15) is 334 Å². The van der Waals surface area contributed by atoms with Crippen molar-refractivity contribution in [2.24, 2.45) is 92.7 Å². The quantitative estimate of drug-likeness (QED) is 0.0159. The van der Waals surface area contributed by atoms with Crippen LogP contribution in [-0.2, 0) is 28.5 Å². The summed E-state index contributed by atoms with van der Waals surface area (Å²) in [5.41, 5.74) is 5.77. The lowest BCUT2D eigenvalue weighted by Crippen LogP contribution is -2.51. The maximum absolute atomic E-state index is 13.4. The van der Waals surface area contributed by atoms with Gasteiger partial charge in [0.05, 0.1) is 37.6 Å². The molecule has 16 atom stereocenters. The van der Waals surface area contributed by atoms with Crippen LogP contribution in [0.5, 0.6) is 11.5 Å². The highest BCUT2D eigenvalue weighted by Gasteiger charge is 2.61. The van der Waals surface area contributed by atoms with Crippen molar-refractivity contribution in [3.63, 3.8) is 0 Å². The molecule has 2 aromatic rings. The highest BCUT2D eigenvalue weighted by atomic mass is 79.9. The molecule has 0 bridgehead atoms. The number of fused-ring (bicyclic) bond motifs is 10. The molecule has 102 heavy (non-hydrogen) atoms. The molecule has 0 spiro atoms. The lowest BCUT2D eigenvalue weighted by Gasteiger charge is -2.58. The molecule has 0 heterocycles. The minimum absolute atomic E-state index is 0.0575. The molecular formula is C91H139BrO10. The second-order valence-corrected chi connectivity index (χ2v) is 37.1. The van der Waals surface area contributed by atoms with Crippen molar-refractivity contribution in [2.75, 3.05) is 26.4 Å². The first kappa shape index (κ1) is 80.4. The summed E-state index contributed by atoms with van der Waals surface area (Å²) >= 11 is 3.20. The fourth-order valence-corrected chi connectivity index (χ4v) is 23.1. The highest BCUT2D eigenvalue weighted by molar-refractivity contribution is 9.10. The van der Waals surface area contributed by atoms with Gasteiger partial charge in [-0.25, -0.2) is 9.59 Å². The number of alkyl halides is 1. The number of carbonyl (C=O) groups is 4. The van der Waals surface area contributed by atoms with E-state index in [0.717, 1.165) is 224 Å². The summed E-state index contributed by atoms with van der Waals surface area (Å²) in [4.78, 5) is 50.9. The van der Waals surface area contributed by atoms with Crippen LogP contribution < -0.4 is 9.47 Å². The van der Waals surface area contributed by atoms with Gasteiger partial charge in [-0.05, 0) is 257 Å². The number of allylic oxidation sites excluding steroid dienone is 2. The Balaban J connectivity index is 0.486. The maximum atomic E-state index is 13.4. The third-order valence-electron chi connectivity index (χ3n) is 28.8. The van der Waals surface area contributed by atoms with E-state index in [1.54, 1.807) is 11.1 Å². The van der Waals surface area contributed by atoms with E-state index in [0.29, 0.717) is 48.4 Å². The van der Waals surface area contributed by atoms with E-state index >= 15 is 0 Å². The zero-order valence-electron chi connectivity index (χ0n) is 65.6. The monoisotopic (exact) mass is 1470 g/mol. The van der Waals surface area contributed by atoms with Crippen LogP contribution in [0.3, 0.4) is 0 Å². The fourth-order valence-electron chi connectivity index (χ4n) is 22.8. The Hall–Kier alpha value is -4.12. The second-order valence-electron chi connectivity index (χ2n) is 36.2. The third-order valence-corrected chi connectivity index (χ3v) is 29.5. The Morgan fingerprint density at radius 2 is 0.765 bits per heavy atom. The largest absolute Gasteiger partial charge is 0.494 e. The molecule has 0 aliphatic heterocycles. The van der Waals surface area contributed by atoms with E-state index in [1.807, 2.05) is 48.5 Å². The molecule has 0 radical (unpaired) electrons.